The Bertz CT molecular complexity index is 496. The molecular formula is C15H18N2. The Hall–Kier alpha value is -1.41. The molecular weight excluding hydrogens is 208 g/mol. The first-order chi connectivity index (χ1) is 8.43. The standard InChI is InChI=1S/C15H18N2/c1-2-11-17(10-1)12-8-13-5-3-7-15-14(13)6-4-9-16-15/h3-7,9H,1-2,8,10-12H2. The third kappa shape index (κ3) is 2.32. The molecule has 0 amide bonds. The van der Waals surface area contributed by atoms with Crippen LogP contribution >= 0.6 is 0 Å². The topological polar surface area (TPSA) is 16.1 Å². The van der Waals surface area contributed by atoms with E-state index < -0.39 is 0 Å². The van der Waals surface area contributed by atoms with Crippen LogP contribution in [0, 0.1) is 0 Å². The third-order valence-electron chi connectivity index (χ3n) is 3.63. The van der Waals surface area contributed by atoms with E-state index in [1.54, 1.807) is 0 Å². The number of nitrogens with zero attached hydrogens (tertiary/aromatic N) is 2. The predicted molar refractivity (Wildman–Crippen MR) is 71.1 cm³/mol. The van der Waals surface area contributed by atoms with Crippen LogP contribution in [0.25, 0.3) is 10.9 Å². The number of fused-ring (bicyclic) bond motifs is 1. The highest BCUT2D eigenvalue weighted by molar-refractivity contribution is 5.81. The zero-order valence-electron chi connectivity index (χ0n) is 10.1. The summed E-state index contributed by atoms with van der Waals surface area (Å²) >= 11 is 0. The van der Waals surface area contributed by atoms with Gasteiger partial charge in [-0.05, 0) is 50.0 Å². The Labute approximate surface area is 102 Å². The molecule has 1 fully saturated rings. The number of hydrogen-bond acceptors (Lipinski definition) is 2. The summed E-state index contributed by atoms with van der Waals surface area (Å²) in [6, 6.07) is 10.7. The van der Waals surface area contributed by atoms with Gasteiger partial charge in [0.15, 0.2) is 0 Å². The molecule has 1 saturated heterocycles. The fourth-order valence-corrected chi connectivity index (χ4v) is 2.67. The zero-order chi connectivity index (χ0) is 11.5. The van der Waals surface area contributed by atoms with Crippen molar-refractivity contribution in [3.63, 3.8) is 0 Å². The molecule has 1 aromatic carbocycles. The second-order valence-electron chi connectivity index (χ2n) is 4.79. The number of pyridine rings is 1. The Morgan fingerprint density at radius 3 is 2.82 bits per heavy atom. The SMILES string of the molecule is c1cc(CCN2CCCC2)c2cccnc2c1. The van der Waals surface area contributed by atoms with Crippen LogP contribution in [0.15, 0.2) is 36.5 Å². The second kappa shape index (κ2) is 4.84. The molecule has 1 aliphatic heterocycles. The fraction of sp³-hybridized carbons (Fsp3) is 0.400. The van der Waals surface area contributed by atoms with Crippen LogP contribution in [0.5, 0.6) is 0 Å². The lowest BCUT2D eigenvalue weighted by Crippen LogP contribution is -2.21. The van der Waals surface area contributed by atoms with Gasteiger partial charge in [0.1, 0.15) is 0 Å². The van der Waals surface area contributed by atoms with E-state index in [0.717, 1.165) is 11.9 Å². The van der Waals surface area contributed by atoms with E-state index in [2.05, 4.69) is 34.1 Å². The van der Waals surface area contributed by atoms with Crippen LogP contribution in [0.2, 0.25) is 0 Å². The number of benzene rings is 1. The molecule has 17 heavy (non-hydrogen) atoms. The number of rotatable bonds is 3. The van der Waals surface area contributed by atoms with Gasteiger partial charge in [-0.25, -0.2) is 0 Å². The van der Waals surface area contributed by atoms with Crippen molar-refractivity contribution in [2.45, 2.75) is 19.3 Å². The van der Waals surface area contributed by atoms with E-state index in [-0.39, 0.29) is 0 Å². The van der Waals surface area contributed by atoms with E-state index in [4.69, 9.17) is 0 Å². The third-order valence-corrected chi connectivity index (χ3v) is 3.63. The fourth-order valence-electron chi connectivity index (χ4n) is 2.67. The normalized spacial score (nSPS) is 16.7. The van der Waals surface area contributed by atoms with E-state index in [9.17, 15) is 0 Å². The first kappa shape index (κ1) is 10.7. The first-order valence-electron chi connectivity index (χ1n) is 6.48. The second-order valence-corrected chi connectivity index (χ2v) is 4.79. The van der Waals surface area contributed by atoms with Crippen LogP contribution in [0.4, 0.5) is 0 Å². The molecule has 0 radical (unpaired) electrons. The molecule has 2 aromatic rings. The van der Waals surface area contributed by atoms with Crippen molar-refractivity contribution in [1.82, 2.24) is 9.88 Å². The Morgan fingerprint density at radius 1 is 1.06 bits per heavy atom. The summed E-state index contributed by atoms with van der Waals surface area (Å²) in [7, 11) is 0. The highest BCUT2D eigenvalue weighted by Gasteiger charge is 2.11. The summed E-state index contributed by atoms with van der Waals surface area (Å²) in [5.74, 6) is 0. The lowest BCUT2D eigenvalue weighted by atomic mass is 10.1. The van der Waals surface area contributed by atoms with Gasteiger partial charge in [0.25, 0.3) is 0 Å². The van der Waals surface area contributed by atoms with Gasteiger partial charge in [-0.3, -0.25) is 4.98 Å². The van der Waals surface area contributed by atoms with Gasteiger partial charge < -0.3 is 4.90 Å². The van der Waals surface area contributed by atoms with Gasteiger partial charge in [-0.1, -0.05) is 18.2 Å². The zero-order valence-corrected chi connectivity index (χ0v) is 10.1. The molecule has 0 unspecified atom stereocenters. The summed E-state index contributed by atoms with van der Waals surface area (Å²) in [6.45, 7) is 3.75. The number of likely N-dealkylation sites (tertiary alicyclic amines) is 1. The van der Waals surface area contributed by atoms with Crippen LogP contribution in [0.3, 0.4) is 0 Å². The quantitative estimate of drug-likeness (QED) is 0.800. The highest BCUT2D eigenvalue weighted by atomic mass is 15.1. The molecule has 0 N–H and O–H groups in total. The molecule has 2 heteroatoms. The van der Waals surface area contributed by atoms with Gasteiger partial charge in [-0.15, -0.1) is 0 Å². The lowest BCUT2D eigenvalue weighted by molar-refractivity contribution is 0.344. The van der Waals surface area contributed by atoms with Crippen LogP contribution in [-0.2, 0) is 6.42 Å². The Morgan fingerprint density at radius 2 is 1.94 bits per heavy atom. The highest BCUT2D eigenvalue weighted by Crippen LogP contribution is 2.18. The predicted octanol–water partition coefficient (Wildman–Crippen LogP) is 2.87. The molecule has 3 rings (SSSR count). The summed E-state index contributed by atoms with van der Waals surface area (Å²) in [5.41, 5.74) is 2.55. The number of aromatic nitrogens is 1. The van der Waals surface area contributed by atoms with Crippen LogP contribution in [0.1, 0.15) is 18.4 Å². The lowest BCUT2D eigenvalue weighted by Gasteiger charge is -2.14. The smallest absolute Gasteiger partial charge is 0.0704 e. The Balaban J connectivity index is 1.79. The molecule has 0 spiro atoms. The summed E-state index contributed by atoms with van der Waals surface area (Å²) in [5, 5.41) is 1.31. The largest absolute Gasteiger partial charge is 0.303 e. The maximum Gasteiger partial charge on any atom is 0.0704 e. The van der Waals surface area contributed by atoms with E-state index in [1.165, 1.54) is 43.4 Å². The summed E-state index contributed by atoms with van der Waals surface area (Å²) in [4.78, 5) is 6.97. The molecule has 2 heterocycles. The average Bonchev–Trinajstić information content (AvgIpc) is 2.89. The first-order valence-corrected chi connectivity index (χ1v) is 6.48. The minimum Gasteiger partial charge on any atom is -0.303 e. The van der Waals surface area contributed by atoms with Crippen molar-refractivity contribution in [3.8, 4) is 0 Å². The van der Waals surface area contributed by atoms with Crippen LogP contribution in [-0.4, -0.2) is 29.5 Å². The van der Waals surface area contributed by atoms with Gasteiger partial charge in [0.2, 0.25) is 0 Å². The summed E-state index contributed by atoms with van der Waals surface area (Å²) in [6.07, 6.45) is 5.75. The van der Waals surface area contributed by atoms with Crippen molar-refractivity contribution in [2.24, 2.45) is 0 Å². The van der Waals surface area contributed by atoms with E-state index in [1.807, 2.05) is 12.3 Å². The van der Waals surface area contributed by atoms with Gasteiger partial charge in [-0.2, -0.15) is 0 Å². The molecule has 0 bridgehead atoms. The van der Waals surface area contributed by atoms with Crippen molar-refractivity contribution >= 4 is 10.9 Å². The maximum atomic E-state index is 4.41. The molecule has 0 aliphatic carbocycles. The molecule has 0 saturated carbocycles. The van der Waals surface area contributed by atoms with Gasteiger partial charge in [0, 0.05) is 18.1 Å². The van der Waals surface area contributed by atoms with E-state index in [0.29, 0.717) is 0 Å². The Kier molecular flexibility index (Phi) is 3.06. The molecule has 0 atom stereocenters. The van der Waals surface area contributed by atoms with E-state index >= 15 is 0 Å². The van der Waals surface area contributed by atoms with Gasteiger partial charge >= 0.3 is 0 Å². The van der Waals surface area contributed by atoms with Crippen molar-refractivity contribution in [2.75, 3.05) is 19.6 Å². The maximum absolute atomic E-state index is 4.41. The average molecular weight is 226 g/mol. The minimum absolute atomic E-state index is 1.12. The van der Waals surface area contributed by atoms with Crippen LogP contribution < -0.4 is 0 Å². The van der Waals surface area contributed by atoms with Crippen molar-refractivity contribution in [3.05, 3.63) is 42.1 Å². The van der Waals surface area contributed by atoms with Gasteiger partial charge in [0.05, 0.1) is 5.52 Å². The van der Waals surface area contributed by atoms with Crippen molar-refractivity contribution in [1.29, 1.82) is 0 Å². The molecule has 88 valence electrons. The summed E-state index contributed by atoms with van der Waals surface area (Å²) < 4.78 is 0. The molecule has 2 nitrogen and oxygen atoms in total. The molecule has 1 aromatic heterocycles. The minimum atomic E-state index is 1.12. The monoisotopic (exact) mass is 226 g/mol. The molecule has 1 aliphatic rings. The number of hydrogen-bond donors (Lipinski definition) is 0. The van der Waals surface area contributed by atoms with Crippen molar-refractivity contribution < 1.29 is 0 Å².